The second kappa shape index (κ2) is 52.9. The number of ether oxygens (including phenoxy) is 2. The predicted octanol–water partition coefficient (Wildman–Crippen LogP) is 16.5. The molecule has 0 aromatic carbocycles. The van der Waals surface area contributed by atoms with Crippen molar-refractivity contribution in [3.05, 3.63) is 122 Å². The van der Waals surface area contributed by atoms with E-state index in [1.165, 1.54) is 64.2 Å². The molecule has 0 spiro atoms. The standard InChI is InChI=1S/C57H96NO7P/c1-3-5-7-9-11-13-15-17-19-21-23-25-27-29-31-33-35-37-39-41-43-45-47-49-52-62-54-56(55-64-66(60,61)63-53-51-58)65-57(59)50-48-46-44-42-40-38-36-34-32-30-28-26-24-22-20-18-16-14-12-10-8-6-4-2/h5-8,11-14,17-20,23-26,30,32,36,38,56H,3-4,9-10,15-16,21-22,27-29,31,33-35,37,39-55,58H2,1-2H3,(H,60,61)/b7-5-,8-6-,13-11-,14-12-,19-17-,20-18-,25-23-,26-24-,32-30-,38-36-. The number of hydrogen-bond donors (Lipinski definition) is 2. The highest BCUT2D eigenvalue weighted by Gasteiger charge is 2.25. The fourth-order valence-electron chi connectivity index (χ4n) is 6.64. The van der Waals surface area contributed by atoms with Crippen molar-refractivity contribution >= 4 is 13.8 Å². The summed E-state index contributed by atoms with van der Waals surface area (Å²) in [6.07, 6.45) is 73.7. The minimum Gasteiger partial charge on any atom is -0.457 e. The van der Waals surface area contributed by atoms with E-state index in [0.717, 1.165) is 109 Å². The van der Waals surface area contributed by atoms with Gasteiger partial charge in [0.25, 0.3) is 0 Å². The zero-order valence-corrected chi connectivity index (χ0v) is 42.8. The molecule has 9 heteroatoms. The summed E-state index contributed by atoms with van der Waals surface area (Å²) in [5.74, 6) is -0.360. The maximum atomic E-state index is 12.7. The SMILES string of the molecule is CC/C=C\C/C=C\C/C=C\C/C=C\C/C=C\C/C=C\CCCCCCC(=O)OC(COCCCCCCCCCCCCC/C=C\C/C=C\C/C=C\C/C=C\CC)COP(=O)(O)OCCN. The second-order valence-corrected chi connectivity index (χ2v) is 18.1. The molecule has 0 aromatic heterocycles. The molecule has 0 aliphatic rings. The Morgan fingerprint density at radius 1 is 0.455 bits per heavy atom. The minimum absolute atomic E-state index is 0.0883. The summed E-state index contributed by atoms with van der Waals surface area (Å²) in [4.78, 5) is 22.6. The highest BCUT2D eigenvalue weighted by atomic mass is 31.2. The Kier molecular flexibility index (Phi) is 50.4. The molecule has 66 heavy (non-hydrogen) atoms. The summed E-state index contributed by atoms with van der Waals surface area (Å²) in [5, 5.41) is 0. The lowest BCUT2D eigenvalue weighted by atomic mass is 10.1. The van der Waals surface area contributed by atoms with Crippen LogP contribution in [0, 0.1) is 0 Å². The quantitative estimate of drug-likeness (QED) is 0.0268. The van der Waals surface area contributed by atoms with E-state index in [9.17, 15) is 14.3 Å². The van der Waals surface area contributed by atoms with E-state index < -0.39 is 13.9 Å². The van der Waals surface area contributed by atoms with Crippen LogP contribution < -0.4 is 5.73 Å². The van der Waals surface area contributed by atoms with Crippen molar-refractivity contribution in [2.45, 2.75) is 200 Å². The smallest absolute Gasteiger partial charge is 0.457 e. The van der Waals surface area contributed by atoms with E-state index in [1.54, 1.807) is 0 Å². The van der Waals surface area contributed by atoms with Crippen molar-refractivity contribution in [3.8, 4) is 0 Å². The molecule has 376 valence electrons. The summed E-state index contributed by atoms with van der Waals surface area (Å²) in [6, 6.07) is 0. The van der Waals surface area contributed by atoms with Gasteiger partial charge in [0.05, 0.1) is 19.8 Å². The molecule has 0 bridgehead atoms. The lowest BCUT2D eigenvalue weighted by Crippen LogP contribution is -2.28. The summed E-state index contributed by atoms with van der Waals surface area (Å²) in [5.41, 5.74) is 5.39. The van der Waals surface area contributed by atoms with E-state index >= 15 is 0 Å². The average Bonchev–Trinajstić information content (AvgIpc) is 3.31. The molecule has 0 rings (SSSR count). The van der Waals surface area contributed by atoms with Crippen LogP contribution in [0.25, 0.3) is 0 Å². The van der Waals surface area contributed by atoms with Crippen LogP contribution in [0.1, 0.15) is 194 Å². The van der Waals surface area contributed by atoms with Gasteiger partial charge in [0.2, 0.25) is 0 Å². The van der Waals surface area contributed by atoms with Crippen molar-refractivity contribution < 1.29 is 32.8 Å². The lowest BCUT2D eigenvalue weighted by Gasteiger charge is -2.20. The Hall–Kier alpha value is -3.10. The van der Waals surface area contributed by atoms with E-state index in [4.69, 9.17) is 24.3 Å². The van der Waals surface area contributed by atoms with Gasteiger partial charge in [-0.25, -0.2) is 4.57 Å². The van der Waals surface area contributed by atoms with Crippen molar-refractivity contribution in [2.75, 3.05) is 33.0 Å². The molecular weight excluding hydrogens is 842 g/mol. The lowest BCUT2D eigenvalue weighted by molar-refractivity contribution is -0.154. The first kappa shape index (κ1) is 62.9. The van der Waals surface area contributed by atoms with Crippen molar-refractivity contribution in [1.82, 2.24) is 0 Å². The van der Waals surface area contributed by atoms with Crippen LogP contribution in [0.5, 0.6) is 0 Å². The van der Waals surface area contributed by atoms with Gasteiger partial charge in [0.1, 0.15) is 6.10 Å². The van der Waals surface area contributed by atoms with Crippen LogP contribution in [-0.4, -0.2) is 49.9 Å². The summed E-state index contributed by atoms with van der Waals surface area (Å²) in [6.45, 7) is 4.63. The van der Waals surface area contributed by atoms with E-state index in [0.29, 0.717) is 6.61 Å². The van der Waals surface area contributed by atoms with Gasteiger partial charge in [-0.3, -0.25) is 13.8 Å². The van der Waals surface area contributed by atoms with Crippen LogP contribution in [0.2, 0.25) is 0 Å². The molecule has 8 nitrogen and oxygen atoms in total. The largest absolute Gasteiger partial charge is 0.472 e. The molecule has 3 N–H and O–H groups in total. The van der Waals surface area contributed by atoms with Crippen LogP contribution in [0.15, 0.2) is 122 Å². The maximum absolute atomic E-state index is 12.7. The van der Waals surface area contributed by atoms with Crippen LogP contribution in [0.3, 0.4) is 0 Å². The Labute approximate surface area is 405 Å². The average molecular weight is 938 g/mol. The monoisotopic (exact) mass is 938 g/mol. The number of nitrogens with two attached hydrogens (primary N) is 1. The topological polar surface area (TPSA) is 117 Å². The normalized spacial score (nSPS) is 14.3. The Bertz CT molecular complexity index is 1420. The van der Waals surface area contributed by atoms with Gasteiger partial charge in [0.15, 0.2) is 0 Å². The fraction of sp³-hybridized carbons (Fsp3) is 0.632. The number of carbonyl (C=O) groups is 1. The molecule has 0 aliphatic carbocycles. The first-order chi connectivity index (χ1) is 32.4. The van der Waals surface area contributed by atoms with E-state index in [-0.39, 0.29) is 38.8 Å². The molecule has 0 radical (unpaired) electrons. The number of phosphoric ester groups is 1. The summed E-state index contributed by atoms with van der Waals surface area (Å²) in [7, 11) is -4.30. The summed E-state index contributed by atoms with van der Waals surface area (Å²) < 4.78 is 33.6. The van der Waals surface area contributed by atoms with Crippen molar-refractivity contribution in [1.29, 1.82) is 0 Å². The number of carbonyl (C=O) groups excluding carboxylic acids is 1. The molecule has 0 fully saturated rings. The third-order valence-corrected chi connectivity index (χ3v) is 11.4. The number of hydrogen-bond acceptors (Lipinski definition) is 7. The van der Waals surface area contributed by atoms with Gasteiger partial charge in [-0.2, -0.15) is 0 Å². The summed E-state index contributed by atoms with van der Waals surface area (Å²) >= 11 is 0. The van der Waals surface area contributed by atoms with Gasteiger partial charge in [-0.1, -0.05) is 206 Å². The molecule has 0 heterocycles. The van der Waals surface area contributed by atoms with Gasteiger partial charge >= 0.3 is 13.8 Å². The second-order valence-electron chi connectivity index (χ2n) is 16.6. The molecule has 0 amide bonds. The van der Waals surface area contributed by atoms with Crippen LogP contribution in [-0.2, 0) is 27.9 Å². The molecular formula is C57H96NO7P. The molecule has 2 atom stereocenters. The predicted molar refractivity (Wildman–Crippen MR) is 284 cm³/mol. The minimum atomic E-state index is -4.30. The number of esters is 1. The van der Waals surface area contributed by atoms with Gasteiger partial charge in [-0.15, -0.1) is 0 Å². The Balaban J connectivity index is 4.04. The molecule has 0 aromatic rings. The fourth-order valence-corrected chi connectivity index (χ4v) is 7.40. The molecule has 2 unspecified atom stereocenters. The first-order valence-electron chi connectivity index (χ1n) is 26.0. The zero-order valence-electron chi connectivity index (χ0n) is 41.9. The first-order valence-corrected chi connectivity index (χ1v) is 27.5. The van der Waals surface area contributed by atoms with Gasteiger partial charge < -0.3 is 20.1 Å². The third-order valence-electron chi connectivity index (χ3n) is 10.4. The number of rotatable bonds is 48. The molecule has 0 aliphatic heterocycles. The highest BCUT2D eigenvalue weighted by Crippen LogP contribution is 2.43. The van der Waals surface area contributed by atoms with Crippen LogP contribution in [0.4, 0.5) is 0 Å². The van der Waals surface area contributed by atoms with Crippen molar-refractivity contribution in [2.24, 2.45) is 5.73 Å². The molecule has 0 saturated carbocycles. The number of unbranched alkanes of at least 4 members (excludes halogenated alkanes) is 15. The number of allylic oxidation sites excluding steroid dienone is 20. The van der Waals surface area contributed by atoms with E-state index in [1.807, 2.05) is 0 Å². The zero-order chi connectivity index (χ0) is 48.0. The Morgan fingerprint density at radius 2 is 0.803 bits per heavy atom. The maximum Gasteiger partial charge on any atom is 0.472 e. The number of phosphoric acid groups is 1. The van der Waals surface area contributed by atoms with E-state index in [2.05, 4.69) is 135 Å². The Morgan fingerprint density at radius 3 is 1.20 bits per heavy atom. The van der Waals surface area contributed by atoms with Crippen molar-refractivity contribution in [3.63, 3.8) is 0 Å². The van der Waals surface area contributed by atoms with Gasteiger partial charge in [0, 0.05) is 19.6 Å². The van der Waals surface area contributed by atoms with Gasteiger partial charge in [-0.05, 0) is 103 Å². The highest BCUT2D eigenvalue weighted by molar-refractivity contribution is 7.47. The van der Waals surface area contributed by atoms with Crippen LogP contribution >= 0.6 is 7.82 Å². The third kappa shape index (κ3) is 51.9. The molecule has 0 saturated heterocycles.